The molecular weight excluding hydrogens is 597 g/mol. The van der Waals surface area contributed by atoms with Crippen molar-refractivity contribution in [2.24, 2.45) is 0 Å². The third-order valence-corrected chi connectivity index (χ3v) is 9.75. The molecule has 3 heteroatoms. The molecule has 3 nitrogen and oxygen atoms in total. The minimum absolute atomic E-state index is 0.913. The smallest absolute Gasteiger partial charge is 0.143 e. The highest BCUT2D eigenvalue weighted by Gasteiger charge is 2.20. The number of nitrogens with zero attached hydrogens (tertiary/aromatic N) is 2. The predicted molar refractivity (Wildman–Crippen MR) is 206 cm³/mol. The van der Waals surface area contributed by atoms with Crippen LogP contribution in [-0.2, 0) is 0 Å². The monoisotopic (exact) mass is 626 g/mol. The molecule has 0 bridgehead atoms. The molecule has 0 spiro atoms. The first-order valence-electron chi connectivity index (χ1n) is 16.7. The van der Waals surface area contributed by atoms with Crippen LogP contribution in [0, 0.1) is 0 Å². The van der Waals surface area contributed by atoms with Gasteiger partial charge in [0.25, 0.3) is 0 Å². The highest BCUT2D eigenvalue weighted by Crippen LogP contribution is 2.43. The third kappa shape index (κ3) is 4.37. The second kappa shape index (κ2) is 11.0. The molecule has 0 atom stereocenters. The van der Waals surface area contributed by atoms with E-state index in [0.717, 1.165) is 61.1 Å². The van der Waals surface area contributed by atoms with Crippen LogP contribution in [0.3, 0.4) is 0 Å². The fourth-order valence-corrected chi connectivity index (χ4v) is 7.56. The molecule has 0 aliphatic heterocycles. The van der Waals surface area contributed by atoms with Crippen LogP contribution in [0.5, 0.6) is 0 Å². The van der Waals surface area contributed by atoms with Crippen molar-refractivity contribution < 1.29 is 4.42 Å². The second-order valence-corrected chi connectivity index (χ2v) is 12.6. The maximum absolute atomic E-state index is 6.61. The largest absolute Gasteiger partial charge is 0.455 e. The number of anilines is 3. The Labute approximate surface area is 283 Å². The Bertz CT molecular complexity index is 2810. The number of hydrogen-bond donors (Lipinski definition) is 0. The number of furan rings is 1. The zero-order valence-corrected chi connectivity index (χ0v) is 26.6. The molecule has 10 rings (SSSR count). The zero-order chi connectivity index (χ0) is 32.3. The molecule has 0 radical (unpaired) electrons. The lowest BCUT2D eigenvalue weighted by Crippen LogP contribution is -2.10. The van der Waals surface area contributed by atoms with Crippen LogP contribution < -0.4 is 4.90 Å². The van der Waals surface area contributed by atoms with Crippen LogP contribution in [0.15, 0.2) is 186 Å². The first kappa shape index (κ1) is 27.5. The Kier molecular flexibility index (Phi) is 6.18. The molecule has 2 aromatic heterocycles. The van der Waals surface area contributed by atoms with Crippen LogP contribution in [0.1, 0.15) is 0 Å². The number of fused-ring (bicyclic) bond motifs is 9. The lowest BCUT2D eigenvalue weighted by Gasteiger charge is -2.26. The lowest BCUT2D eigenvalue weighted by molar-refractivity contribution is 0.673. The van der Waals surface area contributed by atoms with Gasteiger partial charge in [0.15, 0.2) is 0 Å². The summed E-state index contributed by atoms with van der Waals surface area (Å²) in [6.07, 6.45) is 0. The third-order valence-electron chi connectivity index (χ3n) is 9.75. The van der Waals surface area contributed by atoms with Gasteiger partial charge in [-0.25, -0.2) is 0 Å². The summed E-state index contributed by atoms with van der Waals surface area (Å²) in [4.78, 5) is 2.33. The van der Waals surface area contributed by atoms with E-state index in [2.05, 4.69) is 185 Å². The van der Waals surface area contributed by atoms with Gasteiger partial charge < -0.3 is 13.9 Å². The molecule has 230 valence electrons. The van der Waals surface area contributed by atoms with E-state index in [1.165, 1.54) is 27.3 Å². The molecule has 8 aromatic carbocycles. The van der Waals surface area contributed by atoms with Gasteiger partial charge in [-0.1, -0.05) is 115 Å². The van der Waals surface area contributed by atoms with Crippen molar-refractivity contribution in [3.63, 3.8) is 0 Å². The Morgan fingerprint density at radius 1 is 0.408 bits per heavy atom. The SMILES string of the molecule is c1ccc(-c2ccc(N(c3ccccc3)c3cccc(-n4c5ccccc5c5c6c(ccc7c8ccccc8oc76)ccc54)c3)cc2)cc1. The van der Waals surface area contributed by atoms with Gasteiger partial charge in [-0.2, -0.15) is 0 Å². The molecule has 0 aliphatic rings. The second-order valence-electron chi connectivity index (χ2n) is 12.6. The minimum Gasteiger partial charge on any atom is -0.455 e. The molecule has 49 heavy (non-hydrogen) atoms. The number of benzene rings is 8. The highest BCUT2D eigenvalue weighted by molar-refractivity contribution is 6.29. The molecule has 0 amide bonds. The van der Waals surface area contributed by atoms with Crippen molar-refractivity contribution in [1.82, 2.24) is 4.57 Å². The van der Waals surface area contributed by atoms with E-state index in [9.17, 15) is 0 Å². The summed E-state index contributed by atoms with van der Waals surface area (Å²) < 4.78 is 9.01. The first-order valence-corrected chi connectivity index (χ1v) is 16.7. The Morgan fingerprint density at radius 3 is 1.90 bits per heavy atom. The predicted octanol–water partition coefficient (Wildman–Crippen LogP) is 13.0. The fourth-order valence-electron chi connectivity index (χ4n) is 7.56. The van der Waals surface area contributed by atoms with E-state index in [1.54, 1.807) is 0 Å². The van der Waals surface area contributed by atoms with E-state index in [4.69, 9.17) is 4.42 Å². The summed E-state index contributed by atoms with van der Waals surface area (Å²) in [5.41, 5.74) is 11.0. The topological polar surface area (TPSA) is 21.3 Å². The average molecular weight is 627 g/mol. The fraction of sp³-hybridized carbons (Fsp3) is 0. The van der Waals surface area contributed by atoms with Crippen molar-refractivity contribution >= 4 is 71.6 Å². The molecule has 10 aromatic rings. The van der Waals surface area contributed by atoms with E-state index < -0.39 is 0 Å². The number of hydrogen-bond acceptors (Lipinski definition) is 2. The van der Waals surface area contributed by atoms with Crippen LogP contribution >= 0.6 is 0 Å². The molecule has 0 unspecified atom stereocenters. The van der Waals surface area contributed by atoms with E-state index in [-0.39, 0.29) is 0 Å². The van der Waals surface area contributed by atoms with Gasteiger partial charge in [-0.3, -0.25) is 0 Å². The molecule has 0 N–H and O–H groups in total. The number of aromatic nitrogens is 1. The van der Waals surface area contributed by atoms with Crippen LogP contribution in [0.2, 0.25) is 0 Å². The quantitative estimate of drug-likeness (QED) is 0.190. The maximum atomic E-state index is 6.61. The Morgan fingerprint density at radius 2 is 1.06 bits per heavy atom. The zero-order valence-electron chi connectivity index (χ0n) is 26.6. The first-order chi connectivity index (χ1) is 24.3. The standard InChI is InChI=1S/C46H30N2O/c1-3-12-31(13-4-1)32-22-26-35(27-23-32)47(34-14-5-2-6-15-34)36-16-11-17-37(30-36)48-41-20-9-7-19-40(41)45-42(48)29-25-33-24-28-39-38-18-8-10-21-43(38)49-46(39)44(33)45/h1-30H. The minimum atomic E-state index is 0.913. The van der Waals surface area contributed by atoms with Crippen molar-refractivity contribution in [3.05, 3.63) is 182 Å². The number of rotatable bonds is 5. The molecule has 0 aliphatic carbocycles. The molecule has 2 heterocycles. The van der Waals surface area contributed by atoms with Crippen LogP contribution in [0.25, 0.3) is 71.3 Å². The van der Waals surface area contributed by atoms with E-state index in [0.29, 0.717) is 0 Å². The summed E-state index contributed by atoms with van der Waals surface area (Å²) in [7, 11) is 0. The summed E-state index contributed by atoms with van der Waals surface area (Å²) in [6.45, 7) is 0. The van der Waals surface area contributed by atoms with Crippen molar-refractivity contribution in [1.29, 1.82) is 0 Å². The molecule has 0 fully saturated rings. The Hall–Kier alpha value is -6.58. The molecule has 0 saturated heterocycles. The van der Waals surface area contributed by atoms with Gasteiger partial charge in [0.05, 0.1) is 11.0 Å². The highest BCUT2D eigenvalue weighted by atomic mass is 16.3. The van der Waals surface area contributed by atoms with E-state index >= 15 is 0 Å². The van der Waals surface area contributed by atoms with Gasteiger partial charge in [0.1, 0.15) is 11.2 Å². The lowest BCUT2D eigenvalue weighted by atomic mass is 10.0. The molecule has 0 saturated carbocycles. The average Bonchev–Trinajstić information content (AvgIpc) is 3.72. The molecular formula is C46H30N2O. The van der Waals surface area contributed by atoms with E-state index in [1.807, 2.05) is 6.07 Å². The van der Waals surface area contributed by atoms with Crippen molar-refractivity contribution in [3.8, 4) is 16.8 Å². The summed E-state index contributed by atoms with van der Waals surface area (Å²) >= 11 is 0. The summed E-state index contributed by atoms with van der Waals surface area (Å²) in [6, 6.07) is 64.8. The normalized spacial score (nSPS) is 11.7. The maximum Gasteiger partial charge on any atom is 0.143 e. The van der Waals surface area contributed by atoms with Gasteiger partial charge in [0.2, 0.25) is 0 Å². The summed E-state index contributed by atoms with van der Waals surface area (Å²) in [5.74, 6) is 0. The van der Waals surface area contributed by atoms with Gasteiger partial charge in [-0.05, 0) is 83.2 Å². The number of para-hydroxylation sites is 3. The van der Waals surface area contributed by atoms with Gasteiger partial charge >= 0.3 is 0 Å². The summed E-state index contributed by atoms with van der Waals surface area (Å²) in [5, 5.41) is 7.03. The van der Waals surface area contributed by atoms with Crippen LogP contribution in [0.4, 0.5) is 17.1 Å². The van der Waals surface area contributed by atoms with Crippen molar-refractivity contribution in [2.45, 2.75) is 0 Å². The van der Waals surface area contributed by atoms with Crippen molar-refractivity contribution in [2.75, 3.05) is 4.90 Å². The van der Waals surface area contributed by atoms with Gasteiger partial charge in [-0.15, -0.1) is 0 Å². The van der Waals surface area contributed by atoms with Gasteiger partial charge in [0, 0.05) is 49.7 Å². The Balaban J connectivity index is 1.19. The van der Waals surface area contributed by atoms with Crippen LogP contribution in [-0.4, -0.2) is 4.57 Å².